The lowest BCUT2D eigenvalue weighted by molar-refractivity contribution is -0.0240. The Balaban J connectivity index is 2.42. The van der Waals surface area contributed by atoms with E-state index in [-0.39, 0.29) is 11.3 Å². The number of carbonyl (C=O) groups excluding carboxylic acids is 1. The Kier molecular flexibility index (Phi) is 3.84. The molecule has 0 atom stereocenters. The molecule has 7 nitrogen and oxygen atoms in total. The molecule has 0 aliphatic carbocycles. The van der Waals surface area contributed by atoms with E-state index in [0.717, 1.165) is 6.26 Å². The summed E-state index contributed by atoms with van der Waals surface area (Å²) in [7, 11) is -2.21. The van der Waals surface area contributed by atoms with Crippen LogP contribution in [0.4, 0.5) is 5.69 Å². The molecule has 0 saturated carbocycles. The molecule has 0 unspecified atom stereocenters. The highest BCUT2D eigenvalue weighted by Crippen LogP contribution is 2.31. The Hall–Kier alpha value is -2.22. The molecule has 0 aromatic heterocycles. The summed E-state index contributed by atoms with van der Waals surface area (Å²) < 4.78 is 40.0. The SMILES string of the molecule is COC(=O)c1ccc(NS(C)(=O)=O)c(C2OC=CO2)c1. The van der Waals surface area contributed by atoms with E-state index in [1.54, 1.807) is 0 Å². The summed E-state index contributed by atoms with van der Waals surface area (Å²) in [6.07, 6.45) is 2.88. The van der Waals surface area contributed by atoms with Gasteiger partial charge < -0.3 is 14.2 Å². The van der Waals surface area contributed by atoms with Gasteiger partial charge in [-0.05, 0) is 18.2 Å². The lowest BCUT2D eigenvalue weighted by Crippen LogP contribution is -2.14. The van der Waals surface area contributed by atoms with Crippen LogP contribution in [0.25, 0.3) is 0 Å². The summed E-state index contributed by atoms with van der Waals surface area (Å²) in [5.74, 6) is -0.539. The van der Waals surface area contributed by atoms with Crippen molar-refractivity contribution in [2.24, 2.45) is 0 Å². The highest BCUT2D eigenvalue weighted by Gasteiger charge is 2.23. The highest BCUT2D eigenvalue weighted by atomic mass is 32.2. The Bertz CT molecular complexity index is 644. The third kappa shape index (κ3) is 3.21. The summed E-state index contributed by atoms with van der Waals surface area (Å²) in [4.78, 5) is 11.5. The number of anilines is 1. The first kappa shape index (κ1) is 14.2. The van der Waals surface area contributed by atoms with Crippen LogP contribution >= 0.6 is 0 Å². The van der Waals surface area contributed by atoms with E-state index in [1.165, 1.54) is 37.8 Å². The summed E-state index contributed by atoms with van der Waals surface area (Å²) in [6, 6.07) is 4.36. The molecule has 1 aromatic rings. The number of ether oxygens (including phenoxy) is 3. The maximum atomic E-state index is 11.5. The lowest BCUT2D eigenvalue weighted by Gasteiger charge is -2.16. The molecule has 108 valence electrons. The fourth-order valence-electron chi connectivity index (χ4n) is 1.68. The van der Waals surface area contributed by atoms with Gasteiger partial charge in [0, 0.05) is 0 Å². The summed E-state index contributed by atoms with van der Waals surface area (Å²) in [6.45, 7) is 0. The number of benzene rings is 1. The van der Waals surface area contributed by atoms with E-state index in [0.29, 0.717) is 5.56 Å². The second-order valence-corrected chi connectivity index (χ2v) is 5.79. The van der Waals surface area contributed by atoms with Gasteiger partial charge in [0.15, 0.2) is 0 Å². The van der Waals surface area contributed by atoms with Crippen LogP contribution in [0.2, 0.25) is 0 Å². The zero-order valence-electron chi connectivity index (χ0n) is 10.8. The Morgan fingerprint density at radius 2 is 1.95 bits per heavy atom. The Morgan fingerprint density at radius 1 is 1.30 bits per heavy atom. The van der Waals surface area contributed by atoms with Crippen molar-refractivity contribution in [1.82, 2.24) is 0 Å². The quantitative estimate of drug-likeness (QED) is 0.844. The van der Waals surface area contributed by atoms with E-state index in [4.69, 9.17) is 9.47 Å². The first-order valence-electron chi connectivity index (χ1n) is 5.57. The number of carbonyl (C=O) groups is 1. The molecule has 2 rings (SSSR count). The van der Waals surface area contributed by atoms with Crippen LogP contribution in [0.15, 0.2) is 30.7 Å². The monoisotopic (exact) mass is 299 g/mol. The number of esters is 1. The minimum absolute atomic E-state index is 0.264. The highest BCUT2D eigenvalue weighted by molar-refractivity contribution is 7.92. The molecule has 0 radical (unpaired) electrons. The van der Waals surface area contributed by atoms with Gasteiger partial charge >= 0.3 is 5.97 Å². The Morgan fingerprint density at radius 3 is 2.50 bits per heavy atom. The second-order valence-electron chi connectivity index (χ2n) is 4.04. The van der Waals surface area contributed by atoms with Crippen molar-refractivity contribution < 1.29 is 27.4 Å². The van der Waals surface area contributed by atoms with Gasteiger partial charge in [-0.15, -0.1) is 0 Å². The number of hydrogen-bond donors (Lipinski definition) is 1. The van der Waals surface area contributed by atoms with Crippen molar-refractivity contribution in [3.05, 3.63) is 41.9 Å². The zero-order chi connectivity index (χ0) is 14.8. The molecule has 1 aromatic carbocycles. The molecule has 1 N–H and O–H groups in total. The van der Waals surface area contributed by atoms with Crippen molar-refractivity contribution >= 4 is 21.7 Å². The molecule has 0 saturated heterocycles. The molecule has 0 bridgehead atoms. The normalized spacial score (nSPS) is 14.5. The van der Waals surface area contributed by atoms with Gasteiger partial charge in [0.05, 0.1) is 30.2 Å². The number of rotatable bonds is 4. The van der Waals surface area contributed by atoms with Crippen LogP contribution in [0.5, 0.6) is 0 Å². The third-order valence-corrected chi connectivity index (χ3v) is 3.07. The van der Waals surface area contributed by atoms with Crippen molar-refractivity contribution in [3.63, 3.8) is 0 Å². The van der Waals surface area contributed by atoms with Crippen LogP contribution in [0.1, 0.15) is 22.2 Å². The maximum Gasteiger partial charge on any atom is 0.337 e. The van der Waals surface area contributed by atoms with E-state index in [9.17, 15) is 13.2 Å². The molecule has 8 heteroatoms. The largest absolute Gasteiger partial charge is 0.465 e. The van der Waals surface area contributed by atoms with Gasteiger partial charge in [0.1, 0.15) is 12.5 Å². The van der Waals surface area contributed by atoms with Gasteiger partial charge in [-0.1, -0.05) is 0 Å². The second kappa shape index (κ2) is 5.41. The van der Waals surface area contributed by atoms with Gasteiger partial charge in [-0.25, -0.2) is 13.2 Å². The van der Waals surface area contributed by atoms with Crippen molar-refractivity contribution in [3.8, 4) is 0 Å². The van der Waals surface area contributed by atoms with E-state index in [2.05, 4.69) is 9.46 Å². The average Bonchev–Trinajstić information content (AvgIpc) is 2.90. The fourth-order valence-corrected chi connectivity index (χ4v) is 2.27. The predicted molar refractivity (Wildman–Crippen MR) is 70.3 cm³/mol. The molecular formula is C12H13NO6S. The summed E-state index contributed by atoms with van der Waals surface area (Å²) in [5, 5.41) is 0. The van der Waals surface area contributed by atoms with E-state index >= 15 is 0 Å². The van der Waals surface area contributed by atoms with Gasteiger partial charge in [0.25, 0.3) is 6.29 Å². The number of methoxy groups -OCH3 is 1. The lowest BCUT2D eigenvalue weighted by atomic mass is 10.1. The molecule has 1 aliphatic heterocycles. The smallest absolute Gasteiger partial charge is 0.337 e. The number of sulfonamides is 1. The molecular weight excluding hydrogens is 286 g/mol. The standard InChI is InChI=1S/C12H13NO6S/c1-17-11(14)8-3-4-10(13-20(2,15)16)9(7-8)12-18-5-6-19-12/h3-7,12-13H,1-2H3. The summed E-state index contributed by atoms with van der Waals surface area (Å²) in [5.41, 5.74) is 0.915. The van der Waals surface area contributed by atoms with Crippen molar-refractivity contribution in [2.75, 3.05) is 18.1 Å². The van der Waals surface area contributed by atoms with E-state index in [1.807, 2.05) is 0 Å². The van der Waals surface area contributed by atoms with Crippen molar-refractivity contribution in [2.45, 2.75) is 6.29 Å². The van der Waals surface area contributed by atoms with Crippen LogP contribution in [0, 0.1) is 0 Å². The molecule has 1 heterocycles. The van der Waals surface area contributed by atoms with Crippen LogP contribution < -0.4 is 4.72 Å². The zero-order valence-corrected chi connectivity index (χ0v) is 11.6. The Labute approximate surface area is 116 Å². The first-order chi connectivity index (χ1) is 9.40. The fraction of sp³-hybridized carbons (Fsp3) is 0.250. The van der Waals surface area contributed by atoms with Gasteiger partial charge in [0.2, 0.25) is 10.0 Å². The maximum absolute atomic E-state index is 11.5. The average molecular weight is 299 g/mol. The predicted octanol–water partition coefficient (Wildman–Crippen LogP) is 1.36. The molecule has 1 aliphatic rings. The number of nitrogens with one attached hydrogen (secondary N) is 1. The van der Waals surface area contributed by atoms with E-state index < -0.39 is 22.3 Å². The molecule has 0 fully saturated rings. The number of hydrogen-bond acceptors (Lipinski definition) is 6. The van der Waals surface area contributed by atoms with Crippen LogP contribution in [0.3, 0.4) is 0 Å². The first-order valence-corrected chi connectivity index (χ1v) is 7.46. The van der Waals surface area contributed by atoms with Gasteiger partial charge in [-0.2, -0.15) is 0 Å². The third-order valence-electron chi connectivity index (χ3n) is 2.48. The minimum Gasteiger partial charge on any atom is -0.465 e. The molecule has 20 heavy (non-hydrogen) atoms. The topological polar surface area (TPSA) is 90.9 Å². The van der Waals surface area contributed by atoms with Crippen LogP contribution in [-0.2, 0) is 24.2 Å². The van der Waals surface area contributed by atoms with Gasteiger partial charge in [-0.3, -0.25) is 4.72 Å². The molecule has 0 spiro atoms. The van der Waals surface area contributed by atoms with Crippen molar-refractivity contribution in [1.29, 1.82) is 0 Å². The summed E-state index contributed by atoms with van der Waals surface area (Å²) >= 11 is 0. The molecule has 0 amide bonds. The minimum atomic E-state index is -3.47. The van der Waals surface area contributed by atoms with Crippen LogP contribution in [-0.4, -0.2) is 27.8 Å².